The van der Waals surface area contributed by atoms with E-state index < -0.39 is 96.0 Å². The molecule has 364 valence electrons. The van der Waals surface area contributed by atoms with Crippen LogP contribution in [-0.2, 0) is 38.0 Å². The SMILES string of the molecule is CC[C@H]1OC(=O)[C@H](C)[C@@H](O[C@H]2CC(C)(OC)[C@@H](O)[C@H](C)O2)[C@H](C)[C@@H](O[C@@H]2O[C@H](C)C[C@H](N(C)C)[C@H]2OCCCNC(=O)c2cnc[nH]2)[C@](C)(O)C[C@@H](C)CN(C)[C@H](C)[C@@H](O)[C@]1(C)O. The molecule has 18 nitrogen and oxygen atoms in total. The maximum atomic E-state index is 14.5. The van der Waals surface area contributed by atoms with Gasteiger partial charge in [0.1, 0.15) is 35.7 Å². The zero-order valence-electron chi connectivity index (χ0n) is 40.3. The predicted molar refractivity (Wildman–Crippen MR) is 233 cm³/mol. The molecule has 0 spiro atoms. The maximum Gasteiger partial charge on any atom is 0.311 e. The van der Waals surface area contributed by atoms with E-state index in [2.05, 4.69) is 20.2 Å². The molecule has 0 aromatic carbocycles. The van der Waals surface area contributed by atoms with E-state index in [9.17, 15) is 30.0 Å². The van der Waals surface area contributed by atoms with Crippen molar-refractivity contribution in [1.82, 2.24) is 25.1 Å². The molecule has 63 heavy (non-hydrogen) atoms. The number of hydrogen-bond acceptors (Lipinski definition) is 16. The highest BCUT2D eigenvalue weighted by molar-refractivity contribution is 5.91. The molecule has 1 amide bonds. The molecule has 6 N–H and O–H groups in total. The highest BCUT2D eigenvalue weighted by Gasteiger charge is 2.53. The molecule has 1 aromatic heterocycles. The molecule has 4 rings (SSSR count). The van der Waals surface area contributed by atoms with Crippen molar-refractivity contribution in [3.63, 3.8) is 0 Å². The van der Waals surface area contributed by atoms with Gasteiger partial charge in [0, 0.05) is 51.2 Å². The van der Waals surface area contributed by atoms with Crippen LogP contribution < -0.4 is 5.32 Å². The minimum atomic E-state index is -1.82. The lowest BCUT2D eigenvalue weighted by molar-refractivity contribution is -0.321. The first-order valence-corrected chi connectivity index (χ1v) is 22.8. The zero-order valence-corrected chi connectivity index (χ0v) is 40.3. The van der Waals surface area contributed by atoms with E-state index >= 15 is 0 Å². The Labute approximate surface area is 375 Å². The first-order valence-electron chi connectivity index (χ1n) is 22.8. The molecule has 3 aliphatic rings. The molecule has 3 aliphatic heterocycles. The number of nitrogens with one attached hydrogen (secondary N) is 2. The van der Waals surface area contributed by atoms with E-state index in [1.807, 2.05) is 53.7 Å². The Morgan fingerprint density at radius 1 is 1.03 bits per heavy atom. The van der Waals surface area contributed by atoms with Crippen LogP contribution >= 0.6 is 0 Å². The van der Waals surface area contributed by atoms with Gasteiger partial charge in [-0.15, -0.1) is 0 Å². The summed E-state index contributed by atoms with van der Waals surface area (Å²) in [6.07, 6.45) is -4.39. The summed E-state index contributed by atoms with van der Waals surface area (Å²) in [5, 5.41) is 50.3. The summed E-state index contributed by atoms with van der Waals surface area (Å²) in [6, 6.07) is -0.714. The lowest BCUT2D eigenvalue weighted by Gasteiger charge is -2.49. The second-order valence-corrected chi connectivity index (χ2v) is 19.6. The molecule has 0 saturated carbocycles. The molecule has 18 heteroatoms. The third kappa shape index (κ3) is 13.0. The fourth-order valence-corrected chi connectivity index (χ4v) is 9.87. The predicted octanol–water partition coefficient (Wildman–Crippen LogP) is 2.47. The number of carbonyl (C=O) groups is 2. The lowest BCUT2D eigenvalue weighted by Crippen LogP contribution is -2.61. The van der Waals surface area contributed by atoms with Crippen molar-refractivity contribution < 1.29 is 63.2 Å². The number of carbonyl (C=O) groups excluding carboxylic acids is 2. The molecule has 1 unspecified atom stereocenters. The van der Waals surface area contributed by atoms with Gasteiger partial charge in [0.25, 0.3) is 5.91 Å². The molecular formula is C45H81N5O13. The highest BCUT2D eigenvalue weighted by Crippen LogP contribution is 2.40. The van der Waals surface area contributed by atoms with Crippen LogP contribution in [0.5, 0.6) is 0 Å². The summed E-state index contributed by atoms with van der Waals surface area (Å²) < 4.78 is 45.3. The van der Waals surface area contributed by atoms with Gasteiger partial charge in [-0.2, -0.15) is 0 Å². The summed E-state index contributed by atoms with van der Waals surface area (Å²) in [6.45, 7) is 18.8. The first kappa shape index (κ1) is 53.3. The monoisotopic (exact) mass is 900 g/mol. The van der Waals surface area contributed by atoms with Crippen molar-refractivity contribution in [1.29, 1.82) is 0 Å². The normalized spacial score (nSPS) is 42.9. The molecule has 0 bridgehead atoms. The zero-order chi connectivity index (χ0) is 47.2. The Bertz CT molecular complexity index is 1570. The molecule has 0 radical (unpaired) electrons. The number of amides is 1. The number of rotatable bonds is 13. The summed E-state index contributed by atoms with van der Waals surface area (Å²) in [5.41, 5.74) is -4.09. The standard InChI is InChI=1S/C45H81N5O13/c1-15-33-45(10,56)37(51)29(6)50(13)23-25(2)20-43(8,55)39(27(4)35(28(5)41(54)61-33)62-34-21-44(9,57-14)38(52)30(7)60-34)63-42-36(32(49(11)12)19-26(3)59-42)58-18-16-17-47-40(53)31-22-46-24-48-31/h22,24-30,32-39,42,51-52,55-56H,15-21,23H2,1-14H3,(H,46,48)(H,47,53)/t25-,26-,27+,28-,29-,30+,32+,33-,34+,35+,36-,37-,38+,39-,42+,43-,44?,45-/m1/s1. The molecule has 3 fully saturated rings. The highest BCUT2D eigenvalue weighted by atomic mass is 16.7. The van der Waals surface area contributed by atoms with Gasteiger partial charge in [0.15, 0.2) is 12.6 Å². The third-order valence-corrected chi connectivity index (χ3v) is 13.8. The quantitative estimate of drug-likeness (QED) is 0.124. The average molecular weight is 900 g/mol. The van der Waals surface area contributed by atoms with Crippen LogP contribution in [0.25, 0.3) is 0 Å². The van der Waals surface area contributed by atoms with Gasteiger partial charge in [-0.3, -0.25) is 9.59 Å². The number of ether oxygens (including phenoxy) is 7. The Kier molecular flexibility index (Phi) is 19.0. The van der Waals surface area contributed by atoms with Crippen molar-refractivity contribution in [3.05, 3.63) is 18.2 Å². The number of methoxy groups -OCH3 is 1. The number of H-pyrrole nitrogens is 1. The van der Waals surface area contributed by atoms with Crippen LogP contribution in [0, 0.1) is 17.8 Å². The van der Waals surface area contributed by atoms with Crippen LogP contribution in [0.2, 0.25) is 0 Å². The second kappa shape index (κ2) is 22.4. The van der Waals surface area contributed by atoms with Gasteiger partial charge >= 0.3 is 5.97 Å². The topological polar surface area (TPSA) is 227 Å². The minimum Gasteiger partial charge on any atom is -0.459 e. The Balaban J connectivity index is 1.77. The number of aliphatic hydroxyl groups is 4. The van der Waals surface area contributed by atoms with Crippen LogP contribution in [0.15, 0.2) is 12.5 Å². The summed E-state index contributed by atoms with van der Waals surface area (Å²) in [5.74, 6) is -2.93. The number of esters is 1. The number of imidazole rings is 1. The maximum absolute atomic E-state index is 14.5. The van der Waals surface area contributed by atoms with Gasteiger partial charge in [-0.25, -0.2) is 4.98 Å². The number of nitrogens with zero attached hydrogens (tertiary/aromatic N) is 3. The van der Waals surface area contributed by atoms with Gasteiger partial charge < -0.3 is 73.7 Å². The Morgan fingerprint density at radius 3 is 2.32 bits per heavy atom. The van der Waals surface area contributed by atoms with E-state index in [1.165, 1.54) is 26.6 Å². The van der Waals surface area contributed by atoms with E-state index in [4.69, 9.17) is 33.2 Å². The average Bonchev–Trinajstić information content (AvgIpc) is 3.77. The van der Waals surface area contributed by atoms with Crippen LogP contribution in [0.1, 0.15) is 112 Å². The van der Waals surface area contributed by atoms with Crippen molar-refractivity contribution in [2.45, 2.75) is 192 Å². The van der Waals surface area contributed by atoms with Gasteiger partial charge in [0.2, 0.25) is 0 Å². The fourth-order valence-electron chi connectivity index (χ4n) is 9.87. The first-order chi connectivity index (χ1) is 29.4. The van der Waals surface area contributed by atoms with E-state index in [0.29, 0.717) is 31.6 Å². The molecule has 4 heterocycles. The van der Waals surface area contributed by atoms with Crippen molar-refractivity contribution >= 4 is 11.9 Å². The number of hydrogen-bond donors (Lipinski definition) is 6. The molecule has 3 saturated heterocycles. The number of likely N-dealkylation sites (N-methyl/N-ethyl adjacent to an activating group) is 2. The van der Waals surface area contributed by atoms with Gasteiger partial charge in [0.05, 0.1) is 54.1 Å². The van der Waals surface area contributed by atoms with E-state index in [-0.39, 0.29) is 49.8 Å². The van der Waals surface area contributed by atoms with Gasteiger partial charge in [-0.05, 0) is 101 Å². The summed E-state index contributed by atoms with van der Waals surface area (Å²) in [7, 11) is 7.29. The smallest absolute Gasteiger partial charge is 0.311 e. The Morgan fingerprint density at radius 2 is 1.71 bits per heavy atom. The summed E-state index contributed by atoms with van der Waals surface area (Å²) >= 11 is 0. The Hall–Kier alpha value is -2.33. The van der Waals surface area contributed by atoms with E-state index in [1.54, 1.807) is 34.6 Å². The minimum absolute atomic E-state index is 0.119. The third-order valence-electron chi connectivity index (χ3n) is 13.8. The van der Waals surface area contributed by atoms with Crippen molar-refractivity contribution in [3.8, 4) is 0 Å². The molecule has 0 aliphatic carbocycles. The number of aromatic amines is 1. The van der Waals surface area contributed by atoms with Crippen LogP contribution in [-0.4, -0.2) is 190 Å². The van der Waals surface area contributed by atoms with Crippen molar-refractivity contribution in [2.75, 3.05) is 47.9 Å². The van der Waals surface area contributed by atoms with Crippen LogP contribution in [0.4, 0.5) is 0 Å². The molecular weight excluding hydrogens is 819 g/mol. The number of aliphatic hydroxyl groups excluding tert-OH is 2. The van der Waals surface area contributed by atoms with E-state index in [0.717, 1.165) is 0 Å². The molecule has 18 atom stereocenters. The van der Waals surface area contributed by atoms with Crippen molar-refractivity contribution in [2.24, 2.45) is 17.8 Å². The second-order valence-electron chi connectivity index (χ2n) is 19.6. The number of aromatic nitrogens is 2. The van der Waals surface area contributed by atoms with Crippen LogP contribution in [0.3, 0.4) is 0 Å². The fraction of sp³-hybridized carbons (Fsp3) is 0.889. The summed E-state index contributed by atoms with van der Waals surface area (Å²) in [4.78, 5) is 37.7. The largest absolute Gasteiger partial charge is 0.459 e. The molecule has 1 aromatic rings. The number of cyclic esters (lactones) is 1. The lowest BCUT2D eigenvalue weighted by atomic mass is 9.77. The van der Waals surface area contributed by atoms with Gasteiger partial charge in [-0.1, -0.05) is 20.8 Å².